The topological polar surface area (TPSA) is 107 Å². The van der Waals surface area contributed by atoms with Gasteiger partial charge in [-0.2, -0.15) is 0 Å². The van der Waals surface area contributed by atoms with Crippen LogP contribution in [0.25, 0.3) is 0 Å². The Balaban J connectivity index is 1.44. The highest BCUT2D eigenvalue weighted by Crippen LogP contribution is 2.70. The maximum Gasteiger partial charge on any atom is 0.324 e. The molecule has 0 N–H and O–H groups in total. The van der Waals surface area contributed by atoms with E-state index in [4.69, 9.17) is 9.47 Å². The van der Waals surface area contributed by atoms with Gasteiger partial charge in [-0.3, -0.25) is 24.0 Å². The van der Waals surface area contributed by atoms with Crippen LogP contribution < -0.4 is 0 Å². The second kappa shape index (κ2) is 11.6. The van der Waals surface area contributed by atoms with Crippen LogP contribution in [0.5, 0.6) is 0 Å². The molecule has 3 aromatic carbocycles. The second-order valence-corrected chi connectivity index (χ2v) is 14.4. The molecule has 1 aliphatic heterocycles. The molecule has 0 radical (unpaired) electrons. The third kappa shape index (κ3) is 5.00. The summed E-state index contributed by atoms with van der Waals surface area (Å²) < 4.78 is 11.5. The molecule has 0 unspecified atom stereocenters. The van der Waals surface area contributed by atoms with E-state index in [-0.39, 0.29) is 44.3 Å². The molecule has 1 heterocycles. The first-order valence-corrected chi connectivity index (χ1v) is 16.1. The molecular weight excluding hydrogens is 594 g/mol. The summed E-state index contributed by atoms with van der Waals surface area (Å²) in [4.78, 5) is 74.4. The number of hydrogen-bond acceptors (Lipinski definition) is 7. The lowest BCUT2D eigenvalue weighted by Gasteiger charge is -2.56. The Morgan fingerprint density at radius 1 is 0.638 bits per heavy atom. The Bertz CT molecular complexity index is 1670. The molecular formula is C39H41NO7. The van der Waals surface area contributed by atoms with Gasteiger partial charge >= 0.3 is 11.9 Å². The standard InChI is InChI=1S/C39H41NO7/c1-35-25-36(2)32(43)40(22-27-14-8-5-9-15-27)37(3,26-35)38(36,4)31(42)21-39(20-30(35)41,33(44)46-23-28-16-10-6-11-17-28)34(45)47-24-29-18-12-7-13-19-29/h5-19H,20-26H2,1-4H3/t35-,36+,37+,38+/m0/s1. The van der Waals surface area contributed by atoms with Crippen LogP contribution in [-0.4, -0.2) is 39.9 Å². The van der Waals surface area contributed by atoms with Gasteiger partial charge < -0.3 is 14.4 Å². The van der Waals surface area contributed by atoms with Gasteiger partial charge in [0.15, 0.2) is 5.41 Å². The number of benzene rings is 3. The highest BCUT2D eigenvalue weighted by atomic mass is 16.6. The maximum absolute atomic E-state index is 15.0. The Hall–Kier alpha value is -4.59. The van der Waals surface area contributed by atoms with Crippen molar-refractivity contribution in [3.63, 3.8) is 0 Å². The molecule has 1 saturated heterocycles. The zero-order valence-corrected chi connectivity index (χ0v) is 27.4. The summed E-state index contributed by atoms with van der Waals surface area (Å²) in [6.45, 7) is 7.21. The van der Waals surface area contributed by atoms with Crippen molar-refractivity contribution in [1.82, 2.24) is 4.90 Å². The van der Waals surface area contributed by atoms with Crippen LogP contribution in [0, 0.1) is 21.7 Å². The summed E-state index contributed by atoms with van der Waals surface area (Å²) in [7, 11) is 0. The van der Waals surface area contributed by atoms with Crippen molar-refractivity contribution in [1.29, 1.82) is 0 Å². The maximum atomic E-state index is 15.0. The van der Waals surface area contributed by atoms with E-state index in [0.717, 1.165) is 5.56 Å². The number of ketones is 2. The number of likely N-dealkylation sites (tertiary alicyclic amines) is 1. The second-order valence-electron chi connectivity index (χ2n) is 14.4. The van der Waals surface area contributed by atoms with Crippen LogP contribution in [0.15, 0.2) is 91.0 Å². The molecule has 4 bridgehead atoms. The molecule has 0 spiro atoms. The molecule has 244 valence electrons. The lowest BCUT2D eigenvalue weighted by atomic mass is 9.45. The molecule has 47 heavy (non-hydrogen) atoms. The van der Waals surface area contributed by atoms with Crippen molar-refractivity contribution in [3.05, 3.63) is 108 Å². The third-order valence-corrected chi connectivity index (χ3v) is 11.5. The van der Waals surface area contributed by atoms with E-state index in [1.807, 2.05) is 49.4 Å². The van der Waals surface area contributed by atoms with E-state index in [1.165, 1.54) is 0 Å². The van der Waals surface area contributed by atoms with Crippen molar-refractivity contribution in [2.75, 3.05) is 0 Å². The minimum Gasteiger partial charge on any atom is -0.460 e. The van der Waals surface area contributed by atoms with Crippen molar-refractivity contribution < 1.29 is 33.4 Å². The van der Waals surface area contributed by atoms with Gasteiger partial charge in [-0.05, 0) is 50.3 Å². The van der Waals surface area contributed by atoms with E-state index in [9.17, 15) is 24.0 Å². The van der Waals surface area contributed by atoms with Crippen molar-refractivity contribution in [3.8, 4) is 0 Å². The summed E-state index contributed by atoms with van der Waals surface area (Å²) in [6.07, 6.45) is -0.853. The van der Waals surface area contributed by atoms with E-state index in [2.05, 4.69) is 0 Å². The zero-order chi connectivity index (χ0) is 33.7. The summed E-state index contributed by atoms with van der Waals surface area (Å²) in [5.41, 5.74) is -4.73. The zero-order valence-electron chi connectivity index (χ0n) is 27.4. The van der Waals surface area contributed by atoms with Gasteiger partial charge in [0.2, 0.25) is 5.91 Å². The average molecular weight is 636 g/mol. The first kappa shape index (κ1) is 32.4. The van der Waals surface area contributed by atoms with Gasteiger partial charge in [-0.25, -0.2) is 0 Å². The number of rotatable bonds is 8. The SMILES string of the molecule is C[C@@]12C[C@@]3(C)N(Cc4ccccc4)C(=O)[C@@](C)(C1)[C@@]3(C)C(=O)CC(C(=O)OCc1ccccc1)(C(=O)OCc1ccccc1)CC2=O. The number of ether oxygens (including phenoxy) is 2. The number of amides is 1. The van der Waals surface area contributed by atoms with E-state index in [1.54, 1.807) is 74.2 Å². The average Bonchev–Trinajstić information content (AvgIpc) is 3.15. The van der Waals surface area contributed by atoms with Gasteiger partial charge in [0.05, 0.1) is 16.4 Å². The molecule has 4 fully saturated rings. The molecule has 4 atom stereocenters. The van der Waals surface area contributed by atoms with Gasteiger partial charge in [-0.1, -0.05) is 97.9 Å². The predicted octanol–water partition coefficient (Wildman–Crippen LogP) is 6.01. The number of fused-ring (bicyclic) bond motifs is 4. The first-order chi connectivity index (χ1) is 22.3. The molecule has 7 rings (SSSR count). The van der Waals surface area contributed by atoms with Crippen LogP contribution in [0.4, 0.5) is 0 Å². The summed E-state index contributed by atoms with van der Waals surface area (Å²) >= 11 is 0. The van der Waals surface area contributed by atoms with Crippen molar-refractivity contribution in [2.24, 2.45) is 21.7 Å². The van der Waals surface area contributed by atoms with Gasteiger partial charge in [0.1, 0.15) is 24.8 Å². The third-order valence-electron chi connectivity index (χ3n) is 11.5. The van der Waals surface area contributed by atoms with Gasteiger partial charge in [0, 0.05) is 24.8 Å². The molecule has 4 aliphatic rings. The number of nitrogens with zero attached hydrogens (tertiary/aromatic N) is 1. The van der Waals surface area contributed by atoms with Crippen LogP contribution in [0.3, 0.4) is 0 Å². The van der Waals surface area contributed by atoms with Crippen LogP contribution >= 0.6 is 0 Å². The van der Waals surface area contributed by atoms with Crippen molar-refractivity contribution >= 4 is 29.4 Å². The van der Waals surface area contributed by atoms with Crippen LogP contribution in [-0.2, 0) is 53.2 Å². The Morgan fingerprint density at radius 3 is 1.57 bits per heavy atom. The fraction of sp³-hybridized carbons (Fsp3) is 0.410. The quantitative estimate of drug-likeness (QED) is 0.221. The number of carbonyl (C=O) groups excluding carboxylic acids is 5. The normalized spacial score (nSPS) is 29.5. The summed E-state index contributed by atoms with van der Waals surface area (Å²) in [6, 6.07) is 27.5. The number of Topliss-reactive ketones (excluding diaryl/α,β-unsaturated/α-hetero) is 2. The first-order valence-electron chi connectivity index (χ1n) is 16.1. The molecule has 0 aromatic heterocycles. The number of carbonyl (C=O) groups is 5. The fourth-order valence-corrected chi connectivity index (χ4v) is 8.64. The minimum atomic E-state index is -2.23. The fourth-order valence-electron chi connectivity index (χ4n) is 8.64. The number of hydrogen-bond donors (Lipinski definition) is 0. The highest BCUT2D eigenvalue weighted by Gasteiger charge is 2.79. The van der Waals surface area contributed by atoms with E-state index < -0.39 is 57.8 Å². The lowest BCUT2D eigenvalue weighted by Crippen LogP contribution is -2.63. The van der Waals surface area contributed by atoms with Crippen LogP contribution in [0.2, 0.25) is 0 Å². The Kier molecular flexibility index (Phi) is 7.97. The minimum absolute atomic E-state index is 0.120. The Labute approximate surface area is 275 Å². The highest BCUT2D eigenvalue weighted by molar-refractivity contribution is 6.11. The molecule has 8 heteroatoms. The monoisotopic (exact) mass is 635 g/mol. The molecule has 8 nitrogen and oxygen atoms in total. The van der Waals surface area contributed by atoms with Crippen molar-refractivity contribution in [2.45, 2.75) is 78.7 Å². The summed E-state index contributed by atoms with van der Waals surface area (Å²) in [5, 5.41) is 0. The number of esters is 2. The smallest absolute Gasteiger partial charge is 0.324 e. The Morgan fingerprint density at radius 2 is 1.09 bits per heavy atom. The largest absolute Gasteiger partial charge is 0.460 e. The van der Waals surface area contributed by atoms with E-state index >= 15 is 0 Å². The summed E-state index contributed by atoms with van der Waals surface area (Å²) in [5.74, 6) is -2.97. The molecule has 3 saturated carbocycles. The lowest BCUT2D eigenvalue weighted by molar-refractivity contribution is -0.178. The van der Waals surface area contributed by atoms with E-state index in [0.29, 0.717) is 11.1 Å². The molecule has 3 aliphatic carbocycles. The van der Waals surface area contributed by atoms with Gasteiger partial charge in [-0.15, -0.1) is 0 Å². The molecule has 1 amide bonds. The molecule has 3 aromatic rings. The van der Waals surface area contributed by atoms with Crippen LogP contribution in [0.1, 0.15) is 70.1 Å². The van der Waals surface area contributed by atoms with Gasteiger partial charge in [0.25, 0.3) is 0 Å². The predicted molar refractivity (Wildman–Crippen MR) is 173 cm³/mol.